The van der Waals surface area contributed by atoms with Gasteiger partial charge in [0.2, 0.25) is 5.91 Å². The van der Waals surface area contributed by atoms with Crippen LogP contribution in [0.3, 0.4) is 0 Å². The lowest BCUT2D eigenvalue weighted by Crippen LogP contribution is -2.59. The molecule has 2 aliphatic heterocycles. The van der Waals surface area contributed by atoms with Gasteiger partial charge in [-0.1, -0.05) is 0 Å². The van der Waals surface area contributed by atoms with Crippen molar-refractivity contribution in [3.05, 3.63) is 0 Å². The van der Waals surface area contributed by atoms with Crippen molar-refractivity contribution in [2.24, 2.45) is 5.41 Å². The standard InChI is InChI=1S/C13H21F3N2O/c1-9-4-3-5-10(2)18(9)11(19)12(13(14,15)16)6-7-17-8-12/h9-10,17H,3-8H2,1-2H3. The van der Waals surface area contributed by atoms with Crippen LogP contribution in [0.5, 0.6) is 0 Å². The number of nitrogens with one attached hydrogen (secondary N) is 1. The molecule has 2 fully saturated rings. The van der Waals surface area contributed by atoms with Gasteiger partial charge in [0, 0.05) is 18.6 Å². The lowest BCUT2D eigenvalue weighted by Gasteiger charge is -2.44. The Morgan fingerprint density at radius 3 is 2.26 bits per heavy atom. The molecule has 2 aliphatic rings. The molecule has 1 amide bonds. The Labute approximate surface area is 111 Å². The number of piperidine rings is 1. The predicted molar refractivity (Wildman–Crippen MR) is 65.6 cm³/mol. The van der Waals surface area contributed by atoms with Gasteiger partial charge < -0.3 is 10.2 Å². The third-order valence-electron chi connectivity index (χ3n) is 4.54. The summed E-state index contributed by atoms with van der Waals surface area (Å²) in [5.41, 5.74) is -2.22. The highest BCUT2D eigenvalue weighted by Crippen LogP contribution is 2.45. The zero-order valence-electron chi connectivity index (χ0n) is 11.4. The summed E-state index contributed by atoms with van der Waals surface area (Å²) >= 11 is 0. The summed E-state index contributed by atoms with van der Waals surface area (Å²) in [6, 6.07) is -0.202. The number of carbonyl (C=O) groups is 1. The van der Waals surface area contributed by atoms with Crippen LogP contribution in [-0.2, 0) is 4.79 Å². The van der Waals surface area contributed by atoms with E-state index in [-0.39, 0.29) is 31.6 Å². The van der Waals surface area contributed by atoms with E-state index < -0.39 is 17.5 Å². The summed E-state index contributed by atoms with van der Waals surface area (Å²) in [7, 11) is 0. The van der Waals surface area contributed by atoms with Gasteiger partial charge in [-0.3, -0.25) is 4.79 Å². The Balaban J connectivity index is 2.29. The van der Waals surface area contributed by atoms with Crippen molar-refractivity contribution in [3.8, 4) is 0 Å². The quantitative estimate of drug-likeness (QED) is 0.798. The normalized spacial score (nSPS) is 36.6. The molecule has 2 heterocycles. The second-order valence-electron chi connectivity index (χ2n) is 5.85. The molecule has 19 heavy (non-hydrogen) atoms. The minimum Gasteiger partial charge on any atom is -0.336 e. The summed E-state index contributed by atoms with van der Waals surface area (Å²) < 4.78 is 40.2. The van der Waals surface area contributed by atoms with Crippen molar-refractivity contribution in [1.82, 2.24) is 10.2 Å². The number of halogens is 3. The highest BCUT2D eigenvalue weighted by Gasteiger charge is 2.63. The summed E-state index contributed by atoms with van der Waals surface area (Å²) in [5, 5.41) is 2.70. The van der Waals surface area contributed by atoms with E-state index in [0.29, 0.717) is 0 Å². The molecule has 1 N–H and O–H groups in total. The van der Waals surface area contributed by atoms with E-state index in [4.69, 9.17) is 0 Å². The van der Waals surface area contributed by atoms with Gasteiger partial charge in [-0.2, -0.15) is 13.2 Å². The van der Waals surface area contributed by atoms with Crippen LogP contribution in [0.4, 0.5) is 13.2 Å². The summed E-state index contributed by atoms with van der Waals surface area (Å²) in [5.74, 6) is -0.732. The van der Waals surface area contributed by atoms with Gasteiger partial charge in [0.15, 0.2) is 5.41 Å². The first-order valence-electron chi connectivity index (χ1n) is 6.90. The maximum atomic E-state index is 13.4. The molecule has 3 unspecified atom stereocenters. The molecule has 2 saturated heterocycles. The summed E-state index contributed by atoms with van der Waals surface area (Å²) in [4.78, 5) is 14.0. The average molecular weight is 278 g/mol. The SMILES string of the molecule is CC1CCCC(C)N1C(=O)C1(C(F)(F)F)CCNC1. The van der Waals surface area contributed by atoms with Crippen LogP contribution in [0, 0.1) is 5.41 Å². The van der Waals surface area contributed by atoms with E-state index in [1.54, 1.807) is 0 Å². The fourth-order valence-corrected chi connectivity index (χ4v) is 3.31. The summed E-state index contributed by atoms with van der Waals surface area (Å²) in [6.07, 6.45) is -2.08. The molecule has 3 nitrogen and oxygen atoms in total. The van der Waals surface area contributed by atoms with E-state index in [2.05, 4.69) is 5.32 Å². The highest BCUT2D eigenvalue weighted by atomic mass is 19.4. The van der Waals surface area contributed by atoms with Gasteiger partial charge in [0.25, 0.3) is 0 Å². The lowest BCUT2D eigenvalue weighted by molar-refractivity contribution is -0.224. The molecule has 2 rings (SSSR count). The number of carbonyl (C=O) groups excluding carboxylic acids is 1. The average Bonchev–Trinajstić information content (AvgIpc) is 2.77. The highest BCUT2D eigenvalue weighted by molar-refractivity contribution is 5.85. The smallest absolute Gasteiger partial charge is 0.336 e. The van der Waals surface area contributed by atoms with Crippen LogP contribution in [0.2, 0.25) is 0 Å². The van der Waals surface area contributed by atoms with E-state index in [0.717, 1.165) is 19.3 Å². The second-order valence-corrected chi connectivity index (χ2v) is 5.85. The monoisotopic (exact) mass is 278 g/mol. The number of likely N-dealkylation sites (tertiary alicyclic amines) is 1. The Morgan fingerprint density at radius 1 is 1.26 bits per heavy atom. The first-order chi connectivity index (χ1) is 8.79. The Morgan fingerprint density at radius 2 is 1.84 bits per heavy atom. The molecular weight excluding hydrogens is 257 g/mol. The van der Waals surface area contributed by atoms with Gasteiger partial charge in [0.1, 0.15) is 0 Å². The van der Waals surface area contributed by atoms with Crippen molar-refractivity contribution >= 4 is 5.91 Å². The Bertz CT molecular complexity index is 340. The molecule has 110 valence electrons. The molecule has 6 heteroatoms. The number of alkyl halides is 3. The van der Waals surface area contributed by atoms with Crippen molar-refractivity contribution < 1.29 is 18.0 Å². The van der Waals surface area contributed by atoms with Crippen molar-refractivity contribution in [2.75, 3.05) is 13.1 Å². The Hall–Kier alpha value is -0.780. The molecule has 0 aromatic heterocycles. The van der Waals surface area contributed by atoms with Crippen LogP contribution in [-0.4, -0.2) is 42.2 Å². The van der Waals surface area contributed by atoms with Crippen LogP contribution in [0.25, 0.3) is 0 Å². The van der Waals surface area contributed by atoms with Gasteiger partial charge in [0.05, 0.1) is 0 Å². The largest absolute Gasteiger partial charge is 0.404 e. The van der Waals surface area contributed by atoms with Crippen LogP contribution < -0.4 is 5.32 Å². The molecule has 0 aliphatic carbocycles. The first-order valence-corrected chi connectivity index (χ1v) is 6.90. The maximum absolute atomic E-state index is 13.4. The van der Waals surface area contributed by atoms with Crippen molar-refractivity contribution in [1.29, 1.82) is 0 Å². The molecule has 0 bridgehead atoms. The van der Waals surface area contributed by atoms with Crippen molar-refractivity contribution in [3.63, 3.8) is 0 Å². The number of rotatable bonds is 1. The second kappa shape index (κ2) is 4.96. The molecule has 0 spiro atoms. The molecule has 3 atom stereocenters. The minimum absolute atomic E-state index is 0.101. The van der Waals surface area contributed by atoms with Gasteiger partial charge in [-0.25, -0.2) is 0 Å². The predicted octanol–water partition coefficient (Wildman–Crippen LogP) is 2.32. The van der Waals surface area contributed by atoms with Gasteiger partial charge in [-0.15, -0.1) is 0 Å². The maximum Gasteiger partial charge on any atom is 0.404 e. The van der Waals surface area contributed by atoms with Gasteiger partial charge >= 0.3 is 6.18 Å². The van der Waals surface area contributed by atoms with Crippen LogP contribution >= 0.6 is 0 Å². The van der Waals surface area contributed by atoms with E-state index in [1.807, 2.05) is 13.8 Å². The fraction of sp³-hybridized carbons (Fsp3) is 0.923. The topological polar surface area (TPSA) is 32.3 Å². The molecule has 0 aromatic carbocycles. The molecular formula is C13H21F3N2O. The first kappa shape index (κ1) is 14.6. The van der Waals surface area contributed by atoms with E-state index >= 15 is 0 Å². The minimum atomic E-state index is -4.48. The molecule has 0 saturated carbocycles. The molecule has 0 radical (unpaired) electrons. The third-order valence-corrected chi connectivity index (χ3v) is 4.54. The Kier molecular flexibility index (Phi) is 3.82. The van der Waals surface area contributed by atoms with Crippen molar-refractivity contribution in [2.45, 2.75) is 57.8 Å². The fourth-order valence-electron chi connectivity index (χ4n) is 3.31. The van der Waals surface area contributed by atoms with Crippen LogP contribution in [0.1, 0.15) is 39.5 Å². The lowest BCUT2D eigenvalue weighted by atomic mass is 9.82. The zero-order valence-corrected chi connectivity index (χ0v) is 11.4. The molecule has 0 aromatic rings. The summed E-state index contributed by atoms with van der Waals surface area (Å²) in [6.45, 7) is 3.66. The number of hydrogen-bond acceptors (Lipinski definition) is 2. The van der Waals surface area contributed by atoms with E-state index in [9.17, 15) is 18.0 Å². The zero-order chi connectivity index (χ0) is 14.3. The number of amides is 1. The third kappa shape index (κ3) is 2.35. The van der Waals surface area contributed by atoms with Crippen LogP contribution in [0.15, 0.2) is 0 Å². The number of nitrogens with zero attached hydrogens (tertiary/aromatic N) is 1. The number of hydrogen-bond donors (Lipinski definition) is 1. The van der Waals surface area contributed by atoms with E-state index in [1.165, 1.54) is 4.90 Å². The van der Waals surface area contributed by atoms with Gasteiger partial charge in [-0.05, 0) is 46.1 Å².